The summed E-state index contributed by atoms with van der Waals surface area (Å²) in [6.45, 7) is 1.09. The lowest BCUT2D eigenvalue weighted by molar-refractivity contribution is -0.132. The van der Waals surface area contributed by atoms with Crippen LogP contribution in [0.3, 0.4) is 0 Å². The van der Waals surface area contributed by atoms with E-state index in [1.54, 1.807) is 47.0 Å². The van der Waals surface area contributed by atoms with Gasteiger partial charge in [0, 0.05) is 23.9 Å². The number of aliphatic hydroxyl groups is 1. The minimum Gasteiger partial charge on any atom is -0.484 e. The molecule has 1 fully saturated rings. The number of benzene rings is 1. The first-order valence-corrected chi connectivity index (χ1v) is 9.97. The fraction of sp³-hybridized carbons (Fsp3) is 0.450. The molecule has 1 atom stereocenters. The molecule has 8 heteroatoms. The Bertz CT molecular complexity index is 759. The van der Waals surface area contributed by atoms with Crippen molar-refractivity contribution in [1.29, 1.82) is 0 Å². The topological polar surface area (TPSA) is 49.8 Å². The minimum atomic E-state index is -4.25. The summed E-state index contributed by atoms with van der Waals surface area (Å²) in [4.78, 5) is 15.0. The van der Waals surface area contributed by atoms with Gasteiger partial charge in [0.1, 0.15) is 5.75 Å². The Morgan fingerprint density at radius 1 is 1.21 bits per heavy atom. The number of amides is 1. The predicted octanol–water partition coefficient (Wildman–Crippen LogP) is 4.06. The van der Waals surface area contributed by atoms with Crippen molar-refractivity contribution >= 4 is 17.7 Å². The van der Waals surface area contributed by atoms with E-state index in [1.807, 2.05) is 0 Å². The highest BCUT2D eigenvalue weighted by Gasteiger charge is 2.34. The second kappa shape index (κ2) is 9.05. The first-order chi connectivity index (χ1) is 13.3. The third-order valence-corrected chi connectivity index (χ3v) is 6.12. The van der Waals surface area contributed by atoms with E-state index in [-0.39, 0.29) is 30.8 Å². The highest BCUT2D eigenvalue weighted by molar-refractivity contribution is 8.03. The first kappa shape index (κ1) is 20.8. The number of carbonyl (C=O) groups excluding carboxylic acids is 1. The predicted molar refractivity (Wildman–Crippen MR) is 102 cm³/mol. The van der Waals surface area contributed by atoms with Crippen LogP contribution in [0.25, 0.3) is 0 Å². The summed E-state index contributed by atoms with van der Waals surface area (Å²) < 4.78 is 43.5. The van der Waals surface area contributed by atoms with Gasteiger partial charge in [-0.1, -0.05) is 24.3 Å². The number of thioether (sulfide) groups is 1. The summed E-state index contributed by atoms with van der Waals surface area (Å²) in [7, 11) is 0. The number of rotatable bonds is 6. The van der Waals surface area contributed by atoms with Crippen LogP contribution in [0.4, 0.5) is 13.2 Å². The lowest BCUT2D eigenvalue weighted by atomic mass is 10.1. The first-order valence-electron chi connectivity index (χ1n) is 9.09. The van der Waals surface area contributed by atoms with Gasteiger partial charge in [-0.2, -0.15) is 13.2 Å². The largest absolute Gasteiger partial charge is 0.484 e. The van der Waals surface area contributed by atoms with Crippen LogP contribution in [-0.4, -0.2) is 47.0 Å². The van der Waals surface area contributed by atoms with Crippen LogP contribution in [0.5, 0.6) is 5.75 Å². The summed E-state index contributed by atoms with van der Waals surface area (Å²) in [6.07, 6.45) is -0.301. The lowest BCUT2D eigenvalue weighted by Crippen LogP contribution is -2.33. The second-order valence-electron chi connectivity index (χ2n) is 6.78. The molecule has 1 aromatic rings. The van der Waals surface area contributed by atoms with Crippen molar-refractivity contribution in [2.24, 2.45) is 0 Å². The molecule has 1 N–H and O–H groups in total. The average Bonchev–Trinajstić information content (AvgIpc) is 3.15. The zero-order valence-corrected chi connectivity index (χ0v) is 16.1. The van der Waals surface area contributed by atoms with E-state index in [1.165, 1.54) is 6.08 Å². The van der Waals surface area contributed by atoms with Crippen LogP contribution in [0.15, 0.2) is 46.9 Å². The smallest absolute Gasteiger partial charge is 0.412 e. The zero-order valence-electron chi connectivity index (χ0n) is 15.2. The van der Waals surface area contributed by atoms with E-state index in [4.69, 9.17) is 9.84 Å². The molecule has 1 unspecified atom stereocenters. The van der Waals surface area contributed by atoms with Crippen LogP contribution < -0.4 is 4.74 Å². The highest BCUT2D eigenvalue weighted by atomic mass is 32.2. The molecule has 2 aliphatic rings. The van der Waals surface area contributed by atoms with Gasteiger partial charge in [0.15, 0.2) is 6.61 Å². The van der Waals surface area contributed by atoms with E-state index in [0.717, 1.165) is 16.9 Å². The van der Waals surface area contributed by atoms with Crippen LogP contribution in [0.1, 0.15) is 24.8 Å². The van der Waals surface area contributed by atoms with Crippen LogP contribution >= 0.6 is 11.8 Å². The number of aliphatic hydroxyl groups excluding tert-OH is 1. The van der Waals surface area contributed by atoms with E-state index >= 15 is 0 Å². The van der Waals surface area contributed by atoms with E-state index in [0.29, 0.717) is 25.3 Å². The number of alkyl halides is 3. The second-order valence-corrected chi connectivity index (χ2v) is 8.21. The molecule has 0 aromatic heterocycles. The summed E-state index contributed by atoms with van der Waals surface area (Å²) in [5.74, 6) is 0.460. The Morgan fingerprint density at radius 3 is 2.57 bits per heavy atom. The van der Waals surface area contributed by atoms with E-state index in [9.17, 15) is 18.0 Å². The number of carbonyl (C=O) groups is 1. The maximum Gasteiger partial charge on any atom is 0.412 e. The van der Waals surface area contributed by atoms with Gasteiger partial charge < -0.3 is 14.7 Å². The van der Waals surface area contributed by atoms with Crippen molar-refractivity contribution in [2.45, 2.75) is 37.3 Å². The number of hydrogen-bond donors (Lipinski definition) is 1. The van der Waals surface area contributed by atoms with Gasteiger partial charge in [-0.25, -0.2) is 0 Å². The molecule has 1 heterocycles. The third-order valence-electron chi connectivity index (χ3n) is 4.76. The maximum absolute atomic E-state index is 12.7. The number of halogens is 3. The van der Waals surface area contributed by atoms with Crippen molar-refractivity contribution < 1.29 is 27.8 Å². The van der Waals surface area contributed by atoms with Crippen molar-refractivity contribution in [3.05, 3.63) is 52.5 Å². The molecule has 0 spiro atoms. The molecule has 4 nitrogen and oxygen atoms in total. The number of nitrogens with zero attached hydrogens (tertiary/aromatic N) is 1. The number of ether oxygens (including phenoxy) is 1. The summed E-state index contributed by atoms with van der Waals surface area (Å²) in [6, 6.07) is 6.89. The zero-order chi connectivity index (χ0) is 20.1. The average molecular weight is 413 g/mol. The molecule has 1 aliphatic carbocycles. The molecule has 1 saturated heterocycles. The van der Waals surface area contributed by atoms with Gasteiger partial charge >= 0.3 is 6.18 Å². The normalized spacial score (nSPS) is 20.0. The van der Waals surface area contributed by atoms with Crippen LogP contribution in [0.2, 0.25) is 0 Å². The van der Waals surface area contributed by atoms with Gasteiger partial charge in [-0.3, -0.25) is 4.79 Å². The van der Waals surface area contributed by atoms with E-state index in [2.05, 4.69) is 0 Å². The van der Waals surface area contributed by atoms with Gasteiger partial charge in [-0.05, 0) is 41.9 Å². The van der Waals surface area contributed by atoms with Crippen LogP contribution in [0, 0.1) is 0 Å². The van der Waals surface area contributed by atoms with Crippen LogP contribution in [-0.2, 0) is 11.4 Å². The van der Waals surface area contributed by atoms with Crippen molar-refractivity contribution in [3.8, 4) is 5.75 Å². The summed E-state index contributed by atoms with van der Waals surface area (Å²) in [5.41, 5.74) is 0.288. The van der Waals surface area contributed by atoms with Gasteiger partial charge in [0.25, 0.3) is 5.91 Å². The lowest BCUT2D eigenvalue weighted by Gasteiger charge is -2.19. The third kappa shape index (κ3) is 5.54. The van der Waals surface area contributed by atoms with Gasteiger partial charge in [-0.15, -0.1) is 11.8 Å². The SMILES string of the molecule is O=C(COc1ccc(CO)cc1)N1CCC(SC2=CC=C(C(F)(F)F)CC2)C1. The molecule has 3 rings (SSSR count). The molecule has 0 bridgehead atoms. The highest BCUT2D eigenvalue weighted by Crippen LogP contribution is 2.38. The summed E-state index contributed by atoms with van der Waals surface area (Å²) in [5, 5.41) is 9.21. The standard InChI is InChI=1S/C20H22F3NO3S/c21-20(22,23)15-3-7-17(8-4-15)28-18-9-10-24(11-18)19(26)13-27-16-5-1-14(12-25)2-6-16/h1-3,5-7,18,25H,4,8-13H2. The molecular weight excluding hydrogens is 391 g/mol. The fourth-order valence-electron chi connectivity index (χ4n) is 3.14. The van der Waals surface area contributed by atoms with E-state index < -0.39 is 11.7 Å². The molecule has 1 amide bonds. The number of allylic oxidation sites excluding steroid dienone is 4. The molecular formula is C20H22F3NO3S. The molecule has 1 aliphatic heterocycles. The Morgan fingerprint density at radius 2 is 1.96 bits per heavy atom. The maximum atomic E-state index is 12.7. The molecule has 0 radical (unpaired) electrons. The Balaban J connectivity index is 1.45. The molecule has 28 heavy (non-hydrogen) atoms. The number of likely N-dealkylation sites (tertiary alicyclic amines) is 1. The van der Waals surface area contributed by atoms with Crippen molar-refractivity contribution in [2.75, 3.05) is 19.7 Å². The minimum absolute atomic E-state index is 0.0145. The van der Waals surface area contributed by atoms with Crippen molar-refractivity contribution in [3.63, 3.8) is 0 Å². The molecule has 1 aromatic carbocycles. The number of hydrogen-bond acceptors (Lipinski definition) is 4. The van der Waals surface area contributed by atoms with Gasteiger partial charge in [0.05, 0.1) is 6.61 Å². The summed E-state index contributed by atoms with van der Waals surface area (Å²) >= 11 is 1.57. The monoisotopic (exact) mass is 413 g/mol. The molecule has 0 saturated carbocycles. The Hall–Kier alpha value is -1.93. The van der Waals surface area contributed by atoms with Gasteiger partial charge in [0.2, 0.25) is 0 Å². The Labute approximate surface area is 166 Å². The quantitative estimate of drug-likeness (QED) is 0.764. The fourth-order valence-corrected chi connectivity index (χ4v) is 4.42. The Kier molecular flexibility index (Phi) is 6.72. The van der Waals surface area contributed by atoms with Crippen molar-refractivity contribution in [1.82, 2.24) is 4.90 Å². The molecule has 152 valence electrons.